The summed E-state index contributed by atoms with van der Waals surface area (Å²) < 4.78 is 6.98. The number of pyridine rings is 1. The number of carbonyl (C=O) groups is 2. The zero-order valence-corrected chi connectivity index (χ0v) is 15.4. The van der Waals surface area contributed by atoms with Gasteiger partial charge in [0, 0.05) is 12.6 Å². The van der Waals surface area contributed by atoms with E-state index in [2.05, 4.69) is 10.2 Å². The van der Waals surface area contributed by atoms with Crippen molar-refractivity contribution in [3.8, 4) is 11.4 Å². The Hall–Kier alpha value is -3.13. The summed E-state index contributed by atoms with van der Waals surface area (Å²) in [5.74, 6) is -0.547. The zero-order chi connectivity index (χ0) is 19.7. The van der Waals surface area contributed by atoms with Crippen molar-refractivity contribution < 1.29 is 14.3 Å². The van der Waals surface area contributed by atoms with Crippen LogP contribution in [-0.2, 0) is 0 Å². The first-order valence-electron chi connectivity index (χ1n) is 9.41. The third-order valence-electron chi connectivity index (χ3n) is 5.13. The molecule has 1 fully saturated rings. The van der Waals surface area contributed by atoms with Gasteiger partial charge >= 0.3 is 0 Å². The number of nitrogens with one attached hydrogen (secondary N) is 1. The van der Waals surface area contributed by atoms with E-state index in [-0.39, 0.29) is 16.9 Å². The number of nitrogen functional groups attached to an aromatic ring is 1. The van der Waals surface area contributed by atoms with Crippen molar-refractivity contribution in [1.82, 2.24) is 14.8 Å². The van der Waals surface area contributed by atoms with E-state index in [1.807, 2.05) is 0 Å². The van der Waals surface area contributed by atoms with Crippen LogP contribution in [0.2, 0.25) is 0 Å². The molecule has 2 aliphatic rings. The number of benzene rings is 1. The van der Waals surface area contributed by atoms with Crippen molar-refractivity contribution in [1.29, 1.82) is 0 Å². The van der Waals surface area contributed by atoms with Crippen molar-refractivity contribution >= 4 is 17.6 Å². The van der Waals surface area contributed by atoms with Crippen LogP contribution >= 0.6 is 0 Å². The number of hydrogen-bond donors (Lipinski definition) is 2. The number of likely N-dealkylation sites (tertiary alicyclic amines) is 1. The molecule has 8 heteroatoms. The Balaban J connectivity index is 1.47. The average Bonchev–Trinajstić information content (AvgIpc) is 3.28. The smallest absolute Gasteiger partial charge is 0.262 e. The van der Waals surface area contributed by atoms with Crippen LogP contribution in [0.5, 0.6) is 5.75 Å². The predicted molar refractivity (Wildman–Crippen MR) is 104 cm³/mol. The van der Waals surface area contributed by atoms with Gasteiger partial charge in [-0.25, -0.2) is 0 Å². The average molecular weight is 382 g/mol. The molecule has 28 heavy (non-hydrogen) atoms. The van der Waals surface area contributed by atoms with Gasteiger partial charge in [-0.1, -0.05) is 0 Å². The predicted octanol–water partition coefficient (Wildman–Crippen LogP) is 1.17. The highest BCUT2D eigenvalue weighted by molar-refractivity contribution is 6.23. The van der Waals surface area contributed by atoms with Gasteiger partial charge in [-0.15, -0.1) is 0 Å². The second-order valence-corrected chi connectivity index (χ2v) is 7.02. The first kappa shape index (κ1) is 18.2. The largest absolute Gasteiger partial charge is 0.494 e. The minimum absolute atomic E-state index is 0.0155. The number of rotatable bonds is 6. The van der Waals surface area contributed by atoms with E-state index in [1.54, 1.807) is 24.3 Å². The molecule has 146 valence electrons. The van der Waals surface area contributed by atoms with Crippen molar-refractivity contribution in [2.75, 3.05) is 32.0 Å². The molecular weight excluding hydrogens is 360 g/mol. The Labute approximate surface area is 161 Å². The Morgan fingerprint density at radius 1 is 1.04 bits per heavy atom. The van der Waals surface area contributed by atoms with Crippen molar-refractivity contribution in [2.45, 2.75) is 19.3 Å². The van der Waals surface area contributed by atoms with E-state index in [0.717, 1.165) is 19.0 Å². The summed E-state index contributed by atoms with van der Waals surface area (Å²) in [6.07, 6.45) is 3.52. The normalized spacial score (nSPS) is 16.3. The van der Waals surface area contributed by atoms with E-state index >= 15 is 0 Å². The molecule has 4 rings (SSSR count). The molecule has 2 aliphatic heterocycles. The van der Waals surface area contributed by atoms with E-state index in [9.17, 15) is 14.4 Å². The Morgan fingerprint density at radius 3 is 2.46 bits per heavy atom. The molecule has 3 N–H and O–H groups in total. The highest BCUT2D eigenvalue weighted by atomic mass is 16.5. The Kier molecular flexibility index (Phi) is 4.87. The fourth-order valence-electron chi connectivity index (χ4n) is 3.72. The molecular formula is C20H22N4O4. The third kappa shape index (κ3) is 3.38. The maximum Gasteiger partial charge on any atom is 0.262 e. The van der Waals surface area contributed by atoms with Crippen LogP contribution < -0.4 is 21.3 Å². The number of anilines is 1. The Bertz CT molecular complexity index is 975. The fourth-order valence-corrected chi connectivity index (χ4v) is 3.72. The summed E-state index contributed by atoms with van der Waals surface area (Å²) in [6, 6.07) is 8.06. The standard InChI is InChI=1S/C20H22N4O4/c21-18-17-15(19(26)22-20(17)27)12-16(25)24(18)13-4-6-14(7-5-13)28-11-3-10-23-8-1-2-9-23/h4-7,12H,1-3,8-11,21H2,(H,22,26,27). The minimum Gasteiger partial charge on any atom is -0.494 e. The lowest BCUT2D eigenvalue weighted by Gasteiger charge is -2.15. The summed E-state index contributed by atoms with van der Waals surface area (Å²) in [5, 5.41) is 2.15. The lowest BCUT2D eigenvalue weighted by Crippen LogP contribution is -2.24. The first-order chi connectivity index (χ1) is 13.5. The number of nitrogens with two attached hydrogens (primary N) is 1. The topological polar surface area (TPSA) is 107 Å². The van der Waals surface area contributed by atoms with Gasteiger partial charge in [-0.3, -0.25) is 24.3 Å². The van der Waals surface area contributed by atoms with Gasteiger partial charge in [0.2, 0.25) is 0 Å². The number of hydrogen-bond acceptors (Lipinski definition) is 6. The molecule has 0 saturated carbocycles. The number of amides is 2. The summed E-state index contributed by atoms with van der Waals surface area (Å²) in [4.78, 5) is 38.5. The second kappa shape index (κ2) is 7.47. The van der Waals surface area contributed by atoms with Crippen LogP contribution in [0.25, 0.3) is 5.69 Å². The minimum atomic E-state index is -0.603. The maximum atomic E-state index is 12.4. The van der Waals surface area contributed by atoms with Crippen LogP contribution in [-0.4, -0.2) is 47.5 Å². The second-order valence-electron chi connectivity index (χ2n) is 7.02. The van der Waals surface area contributed by atoms with Crippen LogP contribution in [0.4, 0.5) is 5.82 Å². The number of fused-ring (bicyclic) bond motifs is 1. The number of ether oxygens (including phenoxy) is 1. The summed E-state index contributed by atoms with van der Waals surface area (Å²) in [5.41, 5.74) is 6.11. The first-order valence-corrected chi connectivity index (χ1v) is 9.41. The molecule has 0 atom stereocenters. The molecule has 0 aliphatic carbocycles. The molecule has 2 aromatic rings. The summed E-state index contributed by atoms with van der Waals surface area (Å²) >= 11 is 0. The fraction of sp³-hybridized carbons (Fsp3) is 0.350. The molecule has 8 nitrogen and oxygen atoms in total. The van der Waals surface area contributed by atoms with Crippen molar-refractivity contribution in [3.05, 3.63) is 51.8 Å². The summed E-state index contributed by atoms with van der Waals surface area (Å²) in [7, 11) is 0. The SMILES string of the molecule is Nc1c2c(cc(=O)n1-c1ccc(OCCCN3CCCC3)cc1)C(=O)NC2=O. The quantitative estimate of drug-likeness (QED) is 0.574. The van der Waals surface area contributed by atoms with E-state index in [0.29, 0.717) is 18.0 Å². The lowest BCUT2D eigenvalue weighted by molar-refractivity contribution is 0.0880. The monoisotopic (exact) mass is 382 g/mol. The van der Waals surface area contributed by atoms with Gasteiger partial charge in [0.1, 0.15) is 11.6 Å². The van der Waals surface area contributed by atoms with Crippen LogP contribution in [0.3, 0.4) is 0 Å². The number of carbonyl (C=O) groups excluding carboxylic acids is 2. The zero-order valence-electron chi connectivity index (χ0n) is 15.4. The Morgan fingerprint density at radius 2 is 1.75 bits per heavy atom. The van der Waals surface area contributed by atoms with Crippen molar-refractivity contribution in [2.24, 2.45) is 0 Å². The molecule has 1 saturated heterocycles. The maximum absolute atomic E-state index is 12.4. The van der Waals surface area contributed by atoms with Crippen LogP contribution in [0, 0.1) is 0 Å². The molecule has 1 aromatic carbocycles. The van der Waals surface area contributed by atoms with E-state index in [4.69, 9.17) is 10.5 Å². The van der Waals surface area contributed by atoms with Crippen LogP contribution in [0.1, 0.15) is 40.0 Å². The van der Waals surface area contributed by atoms with Gasteiger partial charge in [0.15, 0.2) is 0 Å². The summed E-state index contributed by atoms with van der Waals surface area (Å²) in [6.45, 7) is 4.02. The van der Waals surface area contributed by atoms with E-state index in [1.165, 1.54) is 30.5 Å². The number of aromatic nitrogens is 1. The lowest BCUT2D eigenvalue weighted by atomic mass is 10.1. The molecule has 0 radical (unpaired) electrons. The molecule has 0 bridgehead atoms. The highest BCUT2D eigenvalue weighted by Crippen LogP contribution is 2.24. The van der Waals surface area contributed by atoms with Gasteiger partial charge in [-0.05, 0) is 56.6 Å². The van der Waals surface area contributed by atoms with Gasteiger partial charge in [0.25, 0.3) is 17.4 Å². The van der Waals surface area contributed by atoms with Gasteiger partial charge < -0.3 is 15.4 Å². The van der Waals surface area contributed by atoms with Gasteiger partial charge in [-0.2, -0.15) is 0 Å². The van der Waals surface area contributed by atoms with Crippen LogP contribution in [0.15, 0.2) is 35.1 Å². The van der Waals surface area contributed by atoms with Crippen molar-refractivity contribution in [3.63, 3.8) is 0 Å². The van der Waals surface area contributed by atoms with Gasteiger partial charge in [0.05, 0.1) is 23.4 Å². The molecule has 0 unspecified atom stereocenters. The molecule has 1 aromatic heterocycles. The third-order valence-corrected chi connectivity index (χ3v) is 5.13. The highest BCUT2D eigenvalue weighted by Gasteiger charge is 2.31. The molecule has 2 amide bonds. The number of nitrogens with zero attached hydrogens (tertiary/aromatic N) is 2. The molecule has 3 heterocycles. The number of imide groups is 1. The molecule has 0 spiro atoms. The van der Waals surface area contributed by atoms with E-state index < -0.39 is 17.4 Å².